The molecule has 8 heteroatoms. The molecule has 0 unspecified atom stereocenters. The molecule has 0 aliphatic heterocycles. The quantitative estimate of drug-likeness (QED) is 0.578. The van der Waals surface area contributed by atoms with Crippen molar-refractivity contribution in [2.75, 3.05) is 17.2 Å². The normalized spacial score (nSPS) is 10.7. The predicted octanol–water partition coefficient (Wildman–Crippen LogP) is 2.79. The topological polar surface area (TPSA) is 94.1 Å². The molecule has 0 spiro atoms. The summed E-state index contributed by atoms with van der Waals surface area (Å²) in [7, 11) is 1.89. The molecule has 7 nitrogen and oxygen atoms in total. The maximum absolute atomic E-state index is 12.9. The second-order valence-electron chi connectivity index (χ2n) is 6.57. The van der Waals surface area contributed by atoms with Crippen LogP contribution in [0.3, 0.4) is 0 Å². The van der Waals surface area contributed by atoms with Gasteiger partial charge in [0.1, 0.15) is 0 Å². The fourth-order valence-corrected chi connectivity index (χ4v) is 3.72. The summed E-state index contributed by atoms with van der Waals surface area (Å²) in [5.74, 6) is 0.366. The van der Waals surface area contributed by atoms with Crippen molar-refractivity contribution in [1.29, 1.82) is 0 Å². The highest BCUT2D eigenvalue weighted by Gasteiger charge is 2.19. The van der Waals surface area contributed by atoms with E-state index in [1.54, 1.807) is 4.90 Å². The highest BCUT2D eigenvalue weighted by molar-refractivity contribution is 7.99. The lowest BCUT2D eigenvalue weighted by molar-refractivity contribution is -0.118. The summed E-state index contributed by atoms with van der Waals surface area (Å²) in [5.41, 5.74) is 8.12. The van der Waals surface area contributed by atoms with Crippen LogP contribution in [0.5, 0.6) is 0 Å². The van der Waals surface area contributed by atoms with Crippen molar-refractivity contribution in [3.8, 4) is 11.4 Å². The van der Waals surface area contributed by atoms with Crippen LogP contribution in [0.2, 0.25) is 0 Å². The molecule has 1 aromatic heterocycles. The van der Waals surface area contributed by atoms with E-state index >= 15 is 0 Å². The molecule has 2 N–H and O–H groups in total. The molecule has 2 amide bonds. The number of hydrogen-bond donors (Lipinski definition) is 1. The third kappa shape index (κ3) is 5.03. The number of nitrogens with zero attached hydrogens (tertiary/aromatic N) is 4. The Kier molecular flexibility index (Phi) is 6.66. The van der Waals surface area contributed by atoms with E-state index in [9.17, 15) is 9.59 Å². The van der Waals surface area contributed by atoms with Gasteiger partial charge in [0.25, 0.3) is 0 Å². The Labute approximate surface area is 173 Å². The van der Waals surface area contributed by atoms with E-state index in [1.165, 1.54) is 11.8 Å². The van der Waals surface area contributed by atoms with Crippen LogP contribution in [0, 0.1) is 6.92 Å². The lowest BCUT2D eigenvalue weighted by Crippen LogP contribution is -2.35. The summed E-state index contributed by atoms with van der Waals surface area (Å²) in [6, 6.07) is 17.2. The zero-order valence-electron chi connectivity index (χ0n) is 16.4. The third-order valence-electron chi connectivity index (χ3n) is 4.50. The largest absolute Gasteiger partial charge is 0.370 e. The number of aryl methyl sites for hydroxylation is 1. The minimum atomic E-state index is -0.442. The first-order valence-corrected chi connectivity index (χ1v) is 10.2. The Morgan fingerprint density at radius 3 is 2.45 bits per heavy atom. The summed E-state index contributed by atoms with van der Waals surface area (Å²) in [5, 5.41) is 9.19. The van der Waals surface area contributed by atoms with E-state index in [0.717, 1.165) is 22.6 Å². The minimum absolute atomic E-state index is 0.104. The Balaban J connectivity index is 1.73. The molecule has 1 heterocycles. The molecule has 0 bridgehead atoms. The maximum atomic E-state index is 12.9. The molecule has 29 heavy (non-hydrogen) atoms. The Hall–Kier alpha value is -3.13. The van der Waals surface area contributed by atoms with Crippen molar-refractivity contribution in [1.82, 2.24) is 14.8 Å². The Morgan fingerprint density at radius 1 is 1.07 bits per heavy atom. The predicted molar refractivity (Wildman–Crippen MR) is 115 cm³/mol. The van der Waals surface area contributed by atoms with Crippen molar-refractivity contribution in [3.05, 3.63) is 60.2 Å². The van der Waals surface area contributed by atoms with Gasteiger partial charge in [0.05, 0.1) is 5.75 Å². The molecule has 150 valence electrons. The molecule has 0 aliphatic rings. The fraction of sp³-hybridized carbons (Fsp3) is 0.238. The number of carbonyl (C=O) groups is 2. The highest BCUT2D eigenvalue weighted by atomic mass is 32.2. The number of para-hydroxylation sites is 1. The first kappa shape index (κ1) is 20.6. The van der Waals surface area contributed by atoms with Gasteiger partial charge in [0, 0.05) is 31.3 Å². The van der Waals surface area contributed by atoms with Gasteiger partial charge >= 0.3 is 0 Å². The number of nitrogens with two attached hydrogens (primary N) is 1. The second kappa shape index (κ2) is 9.38. The highest BCUT2D eigenvalue weighted by Crippen LogP contribution is 2.25. The summed E-state index contributed by atoms with van der Waals surface area (Å²) >= 11 is 1.32. The number of rotatable bonds is 8. The smallest absolute Gasteiger partial charge is 0.237 e. The van der Waals surface area contributed by atoms with E-state index in [2.05, 4.69) is 10.2 Å². The molecule has 3 aromatic rings. The van der Waals surface area contributed by atoms with E-state index < -0.39 is 5.91 Å². The molecule has 0 saturated heterocycles. The summed E-state index contributed by atoms with van der Waals surface area (Å²) < 4.78 is 1.89. The van der Waals surface area contributed by atoms with Crippen molar-refractivity contribution < 1.29 is 9.59 Å². The molecule has 0 aliphatic carbocycles. The molecular weight excluding hydrogens is 386 g/mol. The summed E-state index contributed by atoms with van der Waals surface area (Å²) in [6.07, 6.45) is 0.104. The number of amides is 2. The van der Waals surface area contributed by atoms with Crippen LogP contribution in [0.1, 0.15) is 12.0 Å². The number of hydrogen-bond acceptors (Lipinski definition) is 5. The van der Waals surface area contributed by atoms with E-state index in [-0.39, 0.29) is 24.6 Å². The number of benzene rings is 2. The van der Waals surface area contributed by atoms with Gasteiger partial charge in [-0.2, -0.15) is 0 Å². The number of thioether (sulfide) groups is 1. The number of aromatic nitrogens is 3. The van der Waals surface area contributed by atoms with Crippen LogP contribution >= 0.6 is 11.8 Å². The molecule has 0 atom stereocenters. The Bertz CT molecular complexity index is 1000. The van der Waals surface area contributed by atoms with E-state index in [1.807, 2.05) is 73.1 Å². The van der Waals surface area contributed by atoms with E-state index in [0.29, 0.717) is 5.16 Å². The average Bonchev–Trinajstić information content (AvgIpc) is 3.08. The number of carbonyl (C=O) groups excluding carboxylic acids is 2. The van der Waals surface area contributed by atoms with Crippen LogP contribution in [-0.4, -0.2) is 38.9 Å². The summed E-state index contributed by atoms with van der Waals surface area (Å²) in [6.45, 7) is 2.27. The zero-order chi connectivity index (χ0) is 20.8. The van der Waals surface area contributed by atoms with Gasteiger partial charge in [-0.15, -0.1) is 10.2 Å². The molecule has 0 radical (unpaired) electrons. The van der Waals surface area contributed by atoms with Gasteiger partial charge in [-0.25, -0.2) is 0 Å². The van der Waals surface area contributed by atoms with Crippen LogP contribution < -0.4 is 10.6 Å². The first-order chi connectivity index (χ1) is 14.0. The maximum Gasteiger partial charge on any atom is 0.237 e. The van der Waals surface area contributed by atoms with E-state index in [4.69, 9.17) is 5.73 Å². The van der Waals surface area contributed by atoms with Gasteiger partial charge in [-0.1, -0.05) is 54.2 Å². The van der Waals surface area contributed by atoms with Crippen molar-refractivity contribution in [2.24, 2.45) is 12.8 Å². The van der Waals surface area contributed by atoms with Gasteiger partial charge in [0.2, 0.25) is 11.8 Å². The summed E-state index contributed by atoms with van der Waals surface area (Å²) in [4.78, 5) is 25.7. The third-order valence-corrected chi connectivity index (χ3v) is 5.50. The lowest BCUT2D eigenvalue weighted by Gasteiger charge is -2.22. The van der Waals surface area contributed by atoms with Gasteiger partial charge in [0.15, 0.2) is 11.0 Å². The van der Waals surface area contributed by atoms with Gasteiger partial charge in [-0.05, 0) is 24.6 Å². The van der Waals surface area contributed by atoms with Crippen LogP contribution in [0.25, 0.3) is 11.4 Å². The fourth-order valence-electron chi connectivity index (χ4n) is 2.93. The standard InChI is InChI=1S/C21H23N5O2S/c1-15-8-6-7-11-17(15)20-23-24-21(25(20)2)29-14-19(28)26(13-12-18(22)27)16-9-4-3-5-10-16/h3-11H,12-14H2,1-2H3,(H2,22,27). The molecule has 3 rings (SSSR count). The second-order valence-corrected chi connectivity index (χ2v) is 7.51. The molecular formula is C21H23N5O2S. The van der Waals surface area contributed by atoms with Crippen LogP contribution in [0.4, 0.5) is 5.69 Å². The molecule has 0 saturated carbocycles. The van der Waals surface area contributed by atoms with Crippen LogP contribution in [-0.2, 0) is 16.6 Å². The van der Waals surface area contributed by atoms with Crippen molar-refractivity contribution in [2.45, 2.75) is 18.5 Å². The van der Waals surface area contributed by atoms with Crippen molar-refractivity contribution >= 4 is 29.3 Å². The minimum Gasteiger partial charge on any atom is -0.370 e. The Morgan fingerprint density at radius 2 is 1.76 bits per heavy atom. The molecule has 2 aromatic carbocycles. The van der Waals surface area contributed by atoms with Gasteiger partial charge in [-0.3, -0.25) is 9.59 Å². The zero-order valence-corrected chi connectivity index (χ0v) is 17.2. The lowest BCUT2D eigenvalue weighted by atomic mass is 10.1. The molecule has 0 fully saturated rings. The van der Waals surface area contributed by atoms with Crippen molar-refractivity contribution in [3.63, 3.8) is 0 Å². The number of primary amides is 1. The van der Waals surface area contributed by atoms with Gasteiger partial charge < -0.3 is 15.2 Å². The van der Waals surface area contributed by atoms with Crippen LogP contribution in [0.15, 0.2) is 59.8 Å². The number of anilines is 1. The average molecular weight is 410 g/mol. The monoisotopic (exact) mass is 409 g/mol. The SMILES string of the molecule is Cc1ccccc1-c1nnc(SCC(=O)N(CCC(N)=O)c2ccccc2)n1C. The first-order valence-electron chi connectivity index (χ1n) is 9.19.